The van der Waals surface area contributed by atoms with Crippen molar-refractivity contribution in [1.29, 1.82) is 0 Å². The normalized spacial score (nSPS) is 12.0. The molecule has 2 aromatic carbocycles. The van der Waals surface area contributed by atoms with Gasteiger partial charge in [-0.15, -0.1) is 0 Å². The second-order valence-corrected chi connectivity index (χ2v) is 5.94. The second kappa shape index (κ2) is 5.92. The van der Waals surface area contributed by atoms with E-state index in [4.69, 9.17) is 9.29 Å². The van der Waals surface area contributed by atoms with E-state index in [0.717, 1.165) is 36.4 Å². The highest BCUT2D eigenvalue weighted by atomic mass is 32.2. The molecule has 0 saturated heterocycles. The minimum Gasteiger partial charge on any atom is -0.478 e. The molecule has 0 heterocycles. The van der Waals surface area contributed by atoms with E-state index in [9.17, 15) is 26.4 Å². The maximum absolute atomic E-state index is 12.4. The molecule has 0 amide bonds. The third-order valence-electron chi connectivity index (χ3n) is 2.78. The van der Waals surface area contributed by atoms with E-state index < -0.39 is 32.7 Å². The molecule has 2 aromatic rings. The Labute approximate surface area is 129 Å². The van der Waals surface area contributed by atoms with E-state index >= 15 is 0 Å². The maximum Gasteiger partial charge on any atom is 0.416 e. The fourth-order valence-corrected chi connectivity index (χ4v) is 2.57. The summed E-state index contributed by atoms with van der Waals surface area (Å²) < 4.78 is 66.0. The Kier molecular flexibility index (Phi) is 4.33. The lowest BCUT2D eigenvalue weighted by atomic mass is 10.2. The van der Waals surface area contributed by atoms with E-state index in [-0.39, 0.29) is 11.3 Å². The lowest BCUT2D eigenvalue weighted by molar-refractivity contribution is -0.137. The smallest absolute Gasteiger partial charge is 0.416 e. The minimum absolute atomic E-state index is 0.0655. The molecule has 0 bridgehead atoms. The largest absolute Gasteiger partial charge is 0.478 e. The molecule has 0 aliphatic rings. The van der Waals surface area contributed by atoms with Gasteiger partial charge in [-0.2, -0.15) is 21.6 Å². The number of aromatic carboxylic acids is 1. The Morgan fingerprint density at radius 2 is 1.48 bits per heavy atom. The predicted octanol–water partition coefficient (Wildman–Crippen LogP) is 3.17. The van der Waals surface area contributed by atoms with Crippen LogP contribution in [0.4, 0.5) is 13.2 Å². The number of hydrogen-bond acceptors (Lipinski definition) is 4. The van der Waals surface area contributed by atoms with E-state index in [1.165, 1.54) is 0 Å². The van der Waals surface area contributed by atoms with Crippen molar-refractivity contribution in [2.75, 3.05) is 0 Å². The van der Waals surface area contributed by atoms with Crippen LogP contribution in [0.2, 0.25) is 0 Å². The van der Waals surface area contributed by atoms with Crippen LogP contribution >= 0.6 is 0 Å². The van der Waals surface area contributed by atoms with Crippen LogP contribution in [0.1, 0.15) is 15.9 Å². The molecule has 0 aliphatic heterocycles. The quantitative estimate of drug-likeness (QED) is 0.860. The number of alkyl halides is 3. The van der Waals surface area contributed by atoms with Crippen molar-refractivity contribution in [1.82, 2.24) is 0 Å². The number of carboxylic acid groups (broad SMARTS) is 1. The van der Waals surface area contributed by atoms with Crippen LogP contribution in [-0.2, 0) is 16.3 Å². The van der Waals surface area contributed by atoms with Crippen molar-refractivity contribution in [3.63, 3.8) is 0 Å². The Bertz CT molecular complexity index is 809. The first kappa shape index (κ1) is 16.8. The molecule has 9 heteroatoms. The fraction of sp³-hybridized carbons (Fsp3) is 0.0714. The van der Waals surface area contributed by atoms with E-state index in [0.29, 0.717) is 12.1 Å². The number of benzene rings is 2. The molecular weight excluding hydrogens is 337 g/mol. The zero-order chi connectivity index (χ0) is 17.3. The summed E-state index contributed by atoms with van der Waals surface area (Å²) >= 11 is 0. The fourth-order valence-electron chi connectivity index (χ4n) is 1.64. The van der Waals surface area contributed by atoms with Gasteiger partial charge < -0.3 is 9.29 Å². The SMILES string of the molecule is O=C(O)c1ccc(OS(=O)(=O)c2ccc(C(F)(F)F)cc2)cc1. The lowest BCUT2D eigenvalue weighted by Crippen LogP contribution is -2.11. The van der Waals surface area contributed by atoms with Gasteiger partial charge in [-0.05, 0) is 48.5 Å². The average Bonchev–Trinajstić information content (AvgIpc) is 2.46. The van der Waals surface area contributed by atoms with Crippen LogP contribution in [0.15, 0.2) is 53.4 Å². The van der Waals surface area contributed by atoms with E-state index in [2.05, 4.69) is 0 Å². The molecule has 2 rings (SSSR count). The Hall–Kier alpha value is -2.55. The summed E-state index contributed by atoms with van der Waals surface area (Å²) in [5.74, 6) is -1.35. The Morgan fingerprint density at radius 1 is 0.957 bits per heavy atom. The van der Waals surface area contributed by atoms with Gasteiger partial charge in [-0.1, -0.05) is 0 Å². The van der Waals surface area contributed by atoms with E-state index in [1.807, 2.05) is 0 Å². The van der Waals surface area contributed by atoms with Gasteiger partial charge in [0.15, 0.2) is 0 Å². The number of hydrogen-bond donors (Lipinski definition) is 1. The van der Waals surface area contributed by atoms with Crippen LogP contribution in [0.25, 0.3) is 0 Å². The first-order valence-corrected chi connectivity index (χ1v) is 7.45. The van der Waals surface area contributed by atoms with Gasteiger partial charge in [0.25, 0.3) is 0 Å². The van der Waals surface area contributed by atoms with Crippen molar-refractivity contribution in [2.24, 2.45) is 0 Å². The van der Waals surface area contributed by atoms with Crippen molar-refractivity contribution in [3.8, 4) is 5.75 Å². The van der Waals surface area contributed by atoms with Crippen molar-refractivity contribution < 1.29 is 35.7 Å². The minimum atomic E-state index is -4.57. The van der Waals surface area contributed by atoms with Crippen LogP contribution < -0.4 is 4.18 Å². The summed E-state index contributed by atoms with van der Waals surface area (Å²) in [6, 6.07) is 7.36. The summed E-state index contributed by atoms with van der Waals surface area (Å²) in [6.45, 7) is 0. The second-order valence-electron chi connectivity index (χ2n) is 4.39. The highest BCUT2D eigenvalue weighted by molar-refractivity contribution is 7.87. The van der Waals surface area contributed by atoms with Gasteiger partial charge in [-0.25, -0.2) is 4.79 Å². The van der Waals surface area contributed by atoms with Gasteiger partial charge in [-0.3, -0.25) is 0 Å². The number of rotatable bonds is 4. The third kappa shape index (κ3) is 4.01. The molecule has 23 heavy (non-hydrogen) atoms. The van der Waals surface area contributed by atoms with Crippen LogP contribution in [0.3, 0.4) is 0 Å². The standard InChI is InChI=1S/C14H9F3O5S/c15-14(16,17)10-3-7-12(8-4-10)23(20,21)22-11-5-1-9(2-6-11)13(18)19/h1-8H,(H,18,19). The van der Waals surface area contributed by atoms with Crippen molar-refractivity contribution >= 4 is 16.1 Å². The molecule has 0 unspecified atom stereocenters. The number of carboxylic acids is 1. The zero-order valence-corrected chi connectivity index (χ0v) is 12.1. The molecule has 0 radical (unpaired) electrons. The molecule has 0 fully saturated rings. The van der Waals surface area contributed by atoms with Gasteiger partial charge in [0.2, 0.25) is 0 Å². The molecule has 5 nitrogen and oxygen atoms in total. The molecule has 0 aliphatic carbocycles. The van der Waals surface area contributed by atoms with Gasteiger partial charge in [0, 0.05) is 0 Å². The Morgan fingerprint density at radius 3 is 1.91 bits per heavy atom. The summed E-state index contributed by atoms with van der Waals surface area (Å²) in [6.07, 6.45) is -4.57. The molecule has 0 spiro atoms. The highest BCUT2D eigenvalue weighted by Crippen LogP contribution is 2.30. The predicted molar refractivity (Wildman–Crippen MR) is 72.7 cm³/mol. The summed E-state index contributed by atoms with van der Waals surface area (Å²) in [5.41, 5.74) is -1.05. The van der Waals surface area contributed by atoms with E-state index in [1.54, 1.807) is 0 Å². The average molecular weight is 346 g/mol. The first-order valence-electron chi connectivity index (χ1n) is 6.05. The van der Waals surface area contributed by atoms with Gasteiger partial charge in [0.05, 0.1) is 11.1 Å². The molecule has 0 atom stereocenters. The molecule has 1 N–H and O–H groups in total. The maximum atomic E-state index is 12.4. The first-order chi connectivity index (χ1) is 10.6. The third-order valence-corrected chi connectivity index (χ3v) is 4.04. The molecule has 0 saturated carbocycles. The zero-order valence-electron chi connectivity index (χ0n) is 11.2. The number of carbonyl (C=O) groups is 1. The van der Waals surface area contributed by atoms with Gasteiger partial charge >= 0.3 is 22.3 Å². The number of halogens is 3. The summed E-state index contributed by atoms with van der Waals surface area (Å²) in [4.78, 5) is 10.2. The van der Waals surface area contributed by atoms with Gasteiger partial charge in [0.1, 0.15) is 10.6 Å². The topological polar surface area (TPSA) is 80.7 Å². The molecule has 122 valence electrons. The van der Waals surface area contributed by atoms with Crippen molar-refractivity contribution in [3.05, 3.63) is 59.7 Å². The monoisotopic (exact) mass is 346 g/mol. The Balaban J connectivity index is 2.23. The van der Waals surface area contributed by atoms with Crippen LogP contribution in [0, 0.1) is 0 Å². The highest BCUT2D eigenvalue weighted by Gasteiger charge is 2.30. The molecule has 0 aromatic heterocycles. The molecular formula is C14H9F3O5S. The lowest BCUT2D eigenvalue weighted by Gasteiger charge is -2.09. The van der Waals surface area contributed by atoms with Crippen LogP contribution in [0.5, 0.6) is 5.75 Å². The van der Waals surface area contributed by atoms with Crippen LogP contribution in [-0.4, -0.2) is 19.5 Å². The summed E-state index contributed by atoms with van der Waals surface area (Å²) in [7, 11) is -4.32. The van der Waals surface area contributed by atoms with Crippen molar-refractivity contribution in [2.45, 2.75) is 11.1 Å². The summed E-state index contributed by atoms with van der Waals surface area (Å²) in [5, 5.41) is 8.73.